The second kappa shape index (κ2) is 12.4. The lowest BCUT2D eigenvalue weighted by Crippen LogP contribution is -1.98. The summed E-state index contributed by atoms with van der Waals surface area (Å²) >= 11 is 0. The van der Waals surface area contributed by atoms with Gasteiger partial charge < -0.3 is 0 Å². The molecule has 12 rings (SSSR count). The molecule has 0 unspecified atom stereocenters. The van der Waals surface area contributed by atoms with Gasteiger partial charge in [0.2, 0.25) is 0 Å². The van der Waals surface area contributed by atoms with Crippen LogP contribution in [0.2, 0.25) is 0 Å². The van der Waals surface area contributed by atoms with Crippen molar-refractivity contribution in [3.63, 3.8) is 0 Å². The van der Waals surface area contributed by atoms with Crippen LogP contribution in [0.1, 0.15) is 0 Å². The molecule has 264 valence electrons. The highest BCUT2D eigenvalue weighted by atomic mass is 15.1. The average molecular weight is 725 g/mol. The normalized spacial score (nSPS) is 11.9. The average Bonchev–Trinajstić information content (AvgIpc) is 3.69. The first kappa shape index (κ1) is 31.6. The van der Waals surface area contributed by atoms with Crippen molar-refractivity contribution in [1.82, 2.24) is 19.4 Å². The number of hydrogen-bond acceptors (Lipinski definition) is 3. The second-order valence-corrected chi connectivity index (χ2v) is 14.8. The van der Waals surface area contributed by atoms with Crippen molar-refractivity contribution in [2.75, 3.05) is 0 Å². The molecule has 0 aliphatic carbocycles. The Hall–Kier alpha value is -7.69. The van der Waals surface area contributed by atoms with Crippen molar-refractivity contribution in [2.24, 2.45) is 0 Å². The predicted octanol–water partition coefficient (Wildman–Crippen LogP) is 13.7. The molecule has 0 amide bonds. The third kappa shape index (κ3) is 4.91. The fourth-order valence-electron chi connectivity index (χ4n) is 8.91. The molecule has 0 fully saturated rings. The molecule has 4 nitrogen and oxygen atoms in total. The Morgan fingerprint density at radius 1 is 0.298 bits per heavy atom. The van der Waals surface area contributed by atoms with E-state index in [9.17, 15) is 0 Å². The lowest BCUT2D eigenvalue weighted by Gasteiger charge is -2.14. The van der Waals surface area contributed by atoms with Gasteiger partial charge in [-0.3, -0.25) is 4.40 Å². The molecule has 0 aliphatic rings. The molecule has 3 heterocycles. The summed E-state index contributed by atoms with van der Waals surface area (Å²) in [4.78, 5) is 15.7. The molecule has 0 saturated heterocycles. The highest BCUT2D eigenvalue weighted by molar-refractivity contribution is 6.25. The summed E-state index contributed by atoms with van der Waals surface area (Å²) < 4.78 is 2.29. The van der Waals surface area contributed by atoms with Gasteiger partial charge in [0.1, 0.15) is 16.9 Å². The molecule has 0 saturated carbocycles. The van der Waals surface area contributed by atoms with E-state index in [-0.39, 0.29) is 0 Å². The van der Waals surface area contributed by atoms with Crippen LogP contribution < -0.4 is 0 Å². The summed E-state index contributed by atoms with van der Waals surface area (Å²) in [5.74, 6) is 0.659. The van der Waals surface area contributed by atoms with E-state index in [2.05, 4.69) is 174 Å². The molecule has 57 heavy (non-hydrogen) atoms. The molecule has 0 aliphatic heterocycles. The Labute approximate surface area is 328 Å². The fraction of sp³-hybridized carbons (Fsp3) is 0. The standard InChI is InChI=1S/C53H32N4/c1-3-14-33(15-4-1)49-50-52(55-51(54-49)34-16-5-2-6-17-34)56-53-46-25-12-11-24-43(46)45-29-27-38(32-48(45)57(50)53)36-19-13-18-35(30-36)37-26-28-44-41-22-8-7-20-39(41)40-21-9-10-23-42(40)47(44)31-37/h1-32H. The summed E-state index contributed by atoms with van der Waals surface area (Å²) in [6.45, 7) is 0. The quantitative estimate of drug-likeness (QED) is 0.170. The Kier molecular flexibility index (Phi) is 6.89. The van der Waals surface area contributed by atoms with Gasteiger partial charge in [-0.15, -0.1) is 0 Å². The number of nitrogens with zero attached hydrogens (tertiary/aromatic N) is 4. The van der Waals surface area contributed by atoms with Crippen molar-refractivity contribution >= 4 is 70.8 Å². The highest BCUT2D eigenvalue weighted by Crippen LogP contribution is 2.40. The van der Waals surface area contributed by atoms with E-state index in [0.29, 0.717) is 11.5 Å². The summed E-state index contributed by atoms with van der Waals surface area (Å²) in [5, 5.41) is 11.1. The third-order valence-electron chi connectivity index (χ3n) is 11.6. The lowest BCUT2D eigenvalue weighted by molar-refractivity contribution is 1.20. The number of imidazole rings is 1. The van der Waals surface area contributed by atoms with Crippen LogP contribution in [-0.4, -0.2) is 19.4 Å². The van der Waals surface area contributed by atoms with Crippen molar-refractivity contribution in [3.05, 3.63) is 194 Å². The van der Waals surface area contributed by atoms with E-state index >= 15 is 0 Å². The van der Waals surface area contributed by atoms with Gasteiger partial charge in [-0.05, 0) is 78.2 Å². The van der Waals surface area contributed by atoms with E-state index in [4.69, 9.17) is 15.0 Å². The van der Waals surface area contributed by atoms with Crippen LogP contribution in [0, 0.1) is 0 Å². The Balaban J connectivity index is 1.09. The Morgan fingerprint density at radius 3 is 1.42 bits per heavy atom. The topological polar surface area (TPSA) is 43.1 Å². The van der Waals surface area contributed by atoms with Gasteiger partial charge in [0.05, 0.1) is 5.52 Å². The van der Waals surface area contributed by atoms with Crippen LogP contribution in [0.3, 0.4) is 0 Å². The minimum absolute atomic E-state index is 0.659. The zero-order valence-corrected chi connectivity index (χ0v) is 30.8. The number of pyridine rings is 1. The van der Waals surface area contributed by atoms with Gasteiger partial charge in [-0.1, -0.05) is 176 Å². The molecule has 0 atom stereocenters. The maximum atomic E-state index is 5.30. The Morgan fingerprint density at radius 2 is 0.772 bits per heavy atom. The van der Waals surface area contributed by atoms with Crippen LogP contribution >= 0.6 is 0 Å². The second-order valence-electron chi connectivity index (χ2n) is 14.8. The van der Waals surface area contributed by atoms with E-state index in [1.807, 2.05) is 24.3 Å². The highest BCUT2D eigenvalue weighted by Gasteiger charge is 2.21. The van der Waals surface area contributed by atoms with Crippen molar-refractivity contribution < 1.29 is 0 Å². The van der Waals surface area contributed by atoms with E-state index in [1.54, 1.807) is 0 Å². The van der Waals surface area contributed by atoms with Crippen LogP contribution in [0.15, 0.2) is 194 Å². The smallest absolute Gasteiger partial charge is 0.183 e. The summed E-state index contributed by atoms with van der Waals surface area (Å²) in [6, 6.07) is 69.3. The molecule has 9 aromatic carbocycles. The maximum absolute atomic E-state index is 5.30. The first-order valence-corrected chi connectivity index (χ1v) is 19.4. The first-order chi connectivity index (χ1) is 28.3. The molecular weight excluding hydrogens is 693 g/mol. The molecule has 3 aromatic heterocycles. The SMILES string of the molecule is c1ccc(-c2nc(-c3ccccc3)c3c(n2)nc2c4ccccc4c4ccc(-c5cccc(-c6ccc7c8ccccc8c8ccccc8c7c6)c5)cc4n23)cc1. The van der Waals surface area contributed by atoms with Gasteiger partial charge in [-0.25, -0.2) is 15.0 Å². The van der Waals surface area contributed by atoms with Crippen LogP contribution in [0.25, 0.3) is 116 Å². The number of hydrogen-bond donors (Lipinski definition) is 0. The summed E-state index contributed by atoms with van der Waals surface area (Å²) in [7, 11) is 0. The zero-order chi connectivity index (χ0) is 37.5. The molecular formula is C53H32N4. The zero-order valence-electron chi connectivity index (χ0n) is 30.8. The van der Waals surface area contributed by atoms with E-state index in [0.717, 1.165) is 60.8 Å². The molecule has 12 aromatic rings. The van der Waals surface area contributed by atoms with E-state index < -0.39 is 0 Å². The maximum Gasteiger partial charge on any atom is 0.183 e. The molecule has 0 bridgehead atoms. The van der Waals surface area contributed by atoms with Gasteiger partial charge in [0.15, 0.2) is 11.5 Å². The molecule has 0 spiro atoms. The van der Waals surface area contributed by atoms with E-state index in [1.165, 1.54) is 43.4 Å². The van der Waals surface area contributed by atoms with Crippen molar-refractivity contribution in [3.8, 4) is 44.9 Å². The molecule has 0 N–H and O–H groups in total. The fourth-order valence-corrected chi connectivity index (χ4v) is 8.91. The van der Waals surface area contributed by atoms with Gasteiger partial charge in [-0.2, -0.15) is 0 Å². The number of aromatic nitrogens is 4. The summed E-state index contributed by atoms with van der Waals surface area (Å²) in [5.41, 5.74) is 11.0. The van der Waals surface area contributed by atoms with Crippen molar-refractivity contribution in [1.29, 1.82) is 0 Å². The Bertz CT molecular complexity index is 3530. The van der Waals surface area contributed by atoms with Crippen LogP contribution in [0.4, 0.5) is 0 Å². The molecule has 4 heteroatoms. The minimum Gasteiger partial charge on any atom is -0.288 e. The van der Waals surface area contributed by atoms with Crippen LogP contribution in [0.5, 0.6) is 0 Å². The van der Waals surface area contributed by atoms with Crippen LogP contribution in [-0.2, 0) is 0 Å². The number of rotatable bonds is 4. The third-order valence-corrected chi connectivity index (χ3v) is 11.6. The van der Waals surface area contributed by atoms with Gasteiger partial charge in [0.25, 0.3) is 0 Å². The van der Waals surface area contributed by atoms with Gasteiger partial charge in [0, 0.05) is 21.9 Å². The minimum atomic E-state index is 0.659. The monoisotopic (exact) mass is 724 g/mol. The molecule has 0 radical (unpaired) electrons. The lowest BCUT2D eigenvalue weighted by atomic mass is 9.91. The van der Waals surface area contributed by atoms with Crippen molar-refractivity contribution in [2.45, 2.75) is 0 Å². The predicted molar refractivity (Wildman–Crippen MR) is 238 cm³/mol. The number of fused-ring (bicyclic) bond motifs is 14. The first-order valence-electron chi connectivity index (χ1n) is 19.4. The largest absolute Gasteiger partial charge is 0.288 e. The number of benzene rings is 9. The van der Waals surface area contributed by atoms with Gasteiger partial charge >= 0.3 is 0 Å². The summed E-state index contributed by atoms with van der Waals surface area (Å²) in [6.07, 6.45) is 0.